The Balaban J connectivity index is 1.51. The van der Waals surface area contributed by atoms with Crippen molar-refractivity contribution in [2.75, 3.05) is 26.3 Å². The van der Waals surface area contributed by atoms with E-state index in [1.54, 1.807) is 27.7 Å². The number of likely N-dealkylation sites (tertiary alicyclic amines) is 1. The Morgan fingerprint density at radius 1 is 1.30 bits per heavy atom. The SMILES string of the molecule is O=C(Cn1c(SC(F)F)nc2ccccc21)N1CCCC(C2OCCO2)C1. The Morgan fingerprint density at radius 2 is 2.07 bits per heavy atom. The largest absolute Gasteiger partial charge is 0.350 e. The van der Waals surface area contributed by atoms with Gasteiger partial charge >= 0.3 is 0 Å². The number of hydrogen-bond donors (Lipinski definition) is 0. The summed E-state index contributed by atoms with van der Waals surface area (Å²) in [6.07, 6.45) is 1.58. The molecule has 0 saturated carbocycles. The minimum atomic E-state index is -2.59. The molecule has 2 aliphatic heterocycles. The highest BCUT2D eigenvalue weighted by Crippen LogP contribution is 2.29. The van der Waals surface area contributed by atoms with E-state index in [0.29, 0.717) is 49.1 Å². The lowest BCUT2D eigenvalue weighted by Gasteiger charge is -2.35. The van der Waals surface area contributed by atoms with Crippen LogP contribution in [-0.2, 0) is 20.8 Å². The fraction of sp³-hybridized carbons (Fsp3) is 0.556. The Bertz CT molecular complexity index is 810. The fourth-order valence-electron chi connectivity index (χ4n) is 3.72. The number of imidazole rings is 1. The van der Waals surface area contributed by atoms with Crippen molar-refractivity contribution < 1.29 is 23.0 Å². The van der Waals surface area contributed by atoms with Crippen LogP contribution in [0.5, 0.6) is 0 Å². The first-order valence-electron chi connectivity index (χ1n) is 9.03. The first kappa shape index (κ1) is 18.6. The number of fused-ring (bicyclic) bond motifs is 1. The van der Waals surface area contributed by atoms with Gasteiger partial charge in [0.15, 0.2) is 11.4 Å². The van der Waals surface area contributed by atoms with Gasteiger partial charge in [-0.3, -0.25) is 4.79 Å². The highest BCUT2D eigenvalue weighted by atomic mass is 32.2. The van der Waals surface area contributed by atoms with E-state index in [1.807, 2.05) is 6.07 Å². The quantitative estimate of drug-likeness (QED) is 0.726. The number of thioether (sulfide) groups is 1. The maximum absolute atomic E-state index is 12.9. The van der Waals surface area contributed by atoms with E-state index < -0.39 is 5.76 Å². The predicted molar refractivity (Wildman–Crippen MR) is 96.6 cm³/mol. The highest BCUT2D eigenvalue weighted by Gasteiger charge is 2.33. The molecule has 1 atom stereocenters. The summed E-state index contributed by atoms with van der Waals surface area (Å²) in [5.74, 6) is -2.54. The summed E-state index contributed by atoms with van der Waals surface area (Å²) in [4.78, 5) is 19.0. The number of para-hydroxylation sites is 2. The third-order valence-electron chi connectivity index (χ3n) is 4.95. The van der Waals surface area contributed by atoms with Crippen molar-refractivity contribution in [2.24, 2.45) is 5.92 Å². The van der Waals surface area contributed by atoms with Gasteiger partial charge in [0.1, 0.15) is 6.54 Å². The second-order valence-electron chi connectivity index (χ2n) is 6.70. The molecule has 9 heteroatoms. The second-order valence-corrected chi connectivity index (χ2v) is 7.66. The number of amides is 1. The average Bonchev–Trinajstić information content (AvgIpc) is 3.30. The van der Waals surface area contributed by atoms with E-state index in [4.69, 9.17) is 9.47 Å². The van der Waals surface area contributed by atoms with Gasteiger partial charge in [-0.2, -0.15) is 8.78 Å². The van der Waals surface area contributed by atoms with Crippen LogP contribution in [0.4, 0.5) is 8.78 Å². The molecule has 27 heavy (non-hydrogen) atoms. The molecule has 0 spiro atoms. The number of rotatable bonds is 5. The van der Waals surface area contributed by atoms with Gasteiger partial charge in [0.2, 0.25) is 5.91 Å². The normalized spacial score (nSPS) is 21.4. The molecule has 4 rings (SSSR count). The zero-order valence-electron chi connectivity index (χ0n) is 14.7. The minimum absolute atomic E-state index is 0.00529. The molecule has 2 aliphatic rings. The fourth-order valence-corrected chi connectivity index (χ4v) is 4.32. The van der Waals surface area contributed by atoms with Crippen LogP contribution >= 0.6 is 11.8 Å². The second kappa shape index (κ2) is 8.12. The molecule has 2 saturated heterocycles. The Hall–Kier alpha value is -1.71. The van der Waals surface area contributed by atoms with E-state index in [9.17, 15) is 13.6 Å². The smallest absolute Gasteiger partial charge is 0.291 e. The molecule has 1 amide bonds. The number of aromatic nitrogens is 2. The van der Waals surface area contributed by atoms with Crippen LogP contribution in [-0.4, -0.2) is 58.7 Å². The number of ether oxygens (including phenoxy) is 2. The van der Waals surface area contributed by atoms with Crippen molar-refractivity contribution in [1.82, 2.24) is 14.5 Å². The number of nitrogens with zero attached hydrogens (tertiary/aromatic N) is 3. The third-order valence-corrected chi connectivity index (χ3v) is 5.65. The van der Waals surface area contributed by atoms with Crippen molar-refractivity contribution >= 4 is 28.7 Å². The summed E-state index contributed by atoms with van der Waals surface area (Å²) in [7, 11) is 0. The highest BCUT2D eigenvalue weighted by molar-refractivity contribution is 7.99. The van der Waals surface area contributed by atoms with Crippen LogP contribution in [0.2, 0.25) is 0 Å². The van der Waals surface area contributed by atoms with Crippen LogP contribution in [0.3, 0.4) is 0 Å². The maximum Gasteiger partial charge on any atom is 0.291 e. The number of halogens is 2. The van der Waals surface area contributed by atoms with Crippen LogP contribution in [0.15, 0.2) is 29.4 Å². The summed E-state index contributed by atoms with van der Waals surface area (Å²) < 4.78 is 38.6. The Labute approximate surface area is 159 Å². The molecular weight excluding hydrogens is 376 g/mol. The van der Waals surface area contributed by atoms with Crippen molar-refractivity contribution in [3.63, 3.8) is 0 Å². The molecule has 0 radical (unpaired) electrons. The van der Waals surface area contributed by atoms with E-state index in [1.165, 1.54) is 0 Å². The van der Waals surface area contributed by atoms with Gasteiger partial charge in [-0.05, 0) is 36.7 Å². The Kier molecular flexibility index (Phi) is 5.60. The molecule has 2 fully saturated rings. The number of alkyl halides is 2. The monoisotopic (exact) mass is 397 g/mol. The van der Waals surface area contributed by atoms with Gasteiger partial charge in [0.05, 0.1) is 24.2 Å². The molecule has 0 bridgehead atoms. The number of benzene rings is 1. The molecular formula is C18H21F2N3O3S. The molecule has 2 aromatic rings. The van der Waals surface area contributed by atoms with Crippen LogP contribution in [0.25, 0.3) is 11.0 Å². The summed E-state index contributed by atoms with van der Waals surface area (Å²) in [6.45, 7) is 2.39. The van der Waals surface area contributed by atoms with E-state index in [2.05, 4.69) is 4.98 Å². The third kappa shape index (κ3) is 4.09. The van der Waals surface area contributed by atoms with Gasteiger partial charge in [0, 0.05) is 19.0 Å². The average molecular weight is 397 g/mol. The molecule has 3 heterocycles. The topological polar surface area (TPSA) is 56.6 Å². The molecule has 1 unspecified atom stereocenters. The van der Waals surface area contributed by atoms with Gasteiger partial charge < -0.3 is 18.9 Å². The number of piperidine rings is 1. The summed E-state index contributed by atoms with van der Waals surface area (Å²) >= 11 is 0.368. The molecule has 146 valence electrons. The maximum atomic E-state index is 12.9. The zero-order valence-corrected chi connectivity index (χ0v) is 15.5. The molecule has 1 aromatic heterocycles. The van der Waals surface area contributed by atoms with E-state index in [0.717, 1.165) is 12.8 Å². The van der Waals surface area contributed by atoms with Crippen molar-refractivity contribution in [3.8, 4) is 0 Å². The lowest BCUT2D eigenvalue weighted by molar-refractivity contribution is -0.139. The van der Waals surface area contributed by atoms with Crippen LogP contribution < -0.4 is 0 Å². The lowest BCUT2D eigenvalue weighted by atomic mass is 9.97. The van der Waals surface area contributed by atoms with Crippen molar-refractivity contribution in [3.05, 3.63) is 24.3 Å². The van der Waals surface area contributed by atoms with Crippen molar-refractivity contribution in [1.29, 1.82) is 0 Å². The van der Waals surface area contributed by atoms with Gasteiger partial charge in [-0.25, -0.2) is 4.98 Å². The first-order chi connectivity index (χ1) is 13.1. The molecule has 0 N–H and O–H groups in total. The molecule has 6 nitrogen and oxygen atoms in total. The van der Waals surface area contributed by atoms with Crippen LogP contribution in [0, 0.1) is 5.92 Å². The first-order valence-corrected chi connectivity index (χ1v) is 9.91. The van der Waals surface area contributed by atoms with Crippen LogP contribution in [0.1, 0.15) is 12.8 Å². The molecule has 1 aromatic carbocycles. The Morgan fingerprint density at radius 3 is 2.85 bits per heavy atom. The summed E-state index contributed by atoms with van der Waals surface area (Å²) in [5, 5.41) is 0.163. The minimum Gasteiger partial charge on any atom is -0.350 e. The van der Waals surface area contributed by atoms with E-state index >= 15 is 0 Å². The zero-order chi connectivity index (χ0) is 18.8. The number of hydrogen-bond acceptors (Lipinski definition) is 5. The lowest BCUT2D eigenvalue weighted by Crippen LogP contribution is -2.45. The molecule has 0 aliphatic carbocycles. The summed E-state index contributed by atoms with van der Waals surface area (Å²) in [6, 6.07) is 7.17. The number of carbonyl (C=O) groups is 1. The van der Waals surface area contributed by atoms with Crippen molar-refractivity contribution in [2.45, 2.75) is 36.6 Å². The van der Waals surface area contributed by atoms with Gasteiger partial charge in [0.25, 0.3) is 5.76 Å². The predicted octanol–water partition coefficient (Wildman–Crippen LogP) is 2.96. The summed E-state index contributed by atoms with van der Waals surface area (Å²) in [5.41, 5.74) is 1.29. The van der Waals surface area contributed by atoms with E-state index in [-0.39, 0.29) is 29.8 Å². The standard InChI is InChI=1S/C18H21F2N3O3S/c19-17(20)27-18-21-13-5-1-2-6-14(13)23(18)11-15(24)22-7-3-4-12(10-22)16-25-8-9-26-16/h1-2,5-6,12,16-17H,3-4,7-11H2. The van der Waals surface area contributed by atoms with Gasteiger partial charge in [-0.1, -0.05) is 12.1 Å². The number of carbonyl (C=O) groups excluding carboxylic acids is 1. The van der Waals surface area contributed by atoms with Gasteiger partial charge in [-0.15, -0.1) is 0 Å².